The second kappa shape index (κ2) is 11.9. The number of hydrogen-bond acceptors (Lipinski definition) is 3. The maximum absolute atomic E-state index is 10.5. The highest BCUT2D eigenvalue weighted by molar-refractivity contribution is 5.66. The number of carboxylic acids is 1. The predicted octanol–water partition coefficient (Wildman–Crippen LogP) is 4.13. The van der Waals surface area contributed by atoms with E-state index in [4.69, 9.17) is 5.11 Å². The molecule has 0 radical (unpaired) electrons. The molecule has 1 aliphatic rings. The summed E-state index contributed by atoms with van der Waals surface area (Å²) in [6, 6.07) is 0. The highest BCUT2D eigenvalue weighted by Crippen LogP contribution is 2.39. The summed E-state index contributed by atoms with van der Waals surface area (Å²) in [4.78, 5) is 10.5. The van der Waals surface area contributed by atoms with Gasteiger partial charge in [0.1, 0.15) is 0 Å². The number of hydrogen-bond donors (Lipinski definition) is 3. The molecule has 0 bridgehead atoms. The second-order valence-electron chi connectivity index (χ2n) is 7.24. The quantitative estimate of drug-likeness (QED) is 0.444. The van der Waals surface area contributed by atoms with Gasteiger partial charge in [-0.15, -0.1) is 0 Å². The molecule has 0 aromatic rings. The lowest BCUT2D eigenvalue weighted by atomic mass is 9.84. The van der Waals surface area contributed by atoms with Crippen LogP contribution in [0.1, 0.15) is 90.4 Å². The number of rotatable bonds is 13. The van der Waals surface area contributed by atoms with Gasteiger partial charge in [-0.25, -0.2) is 0 Å². The molecule has 0 aromatic heterocycles. The first-order valence-corrected chi connectivity index (χ1v) is 9.64. The first-order chi connectivity index (χ1) is 11.1. The third kappa shape index (κ3) is 8.16. The van der Waals surface area contributed by atoms with E-state index in [0.717, 1.165) is 44.9 Å². The molecule has 1 rings (SSSR count). The van der Waals surface area contributed by atoms with Gasteiger partial charge < -0.3 is 15.3 Å². The minimum absolute atomic E-state index is 0.200. The monoisotopic (exact) mass is 328 g/mol. The van der Waals surface area contributed by atoms with Gasteiger partial charge in [0.25, 0.3) is 0 Å². The molecule has 0 amide bonds. The van der Waals surface area contributed by atoms with E-state index in [2.05, 4.69) is 6.92 Å². The van der Waals surface area contributed by atoms with Gasteiger partial charge in [0.2, 0.25) is 0 Å². The van der Waals surface area contributed by atoms with Crippen LogP contribution in [-0.4, -0.2) is 33.5 Å². The Morgan fingerprint density at radius 3 is 2.43 bits per heavy atom. The summed E-state index contributed by atoms with van der Waals surface area (Å²) in [6.07, 6.45) is 11.8. The molecule has 1 aliphatic carbocycles. The van der Waals surface area contributed by atoms with Crippen molar-refractivity contribution in [3.63, 3.8) is 0 Å². The molecule has 4 unspecified atom stereocenters. The van der Waals surface area contributed by atoms with Crippen LogP contribution < -0.4 is 0 Å². The number of carbonyl (C=O) groups is 1. The van der Waals surface area contributed by atoms with Gasteiger partial charge in [-0.05, 0) is 43.9 Å². The SMILES string of the molecule is CCCCCCCC(O)C1CCC(O)C1CCCCCC(=O)O. The minimum Gasteiger partial charge on any atom is -0.481 e. The molecule has 4 heteroatoms. The van der Waals surface area contributed by atoms with Gasteiger partial charge in [-0.3, -0.25) is 4.79 Å². The predicted molar refractivity (Wildman–Crippen MR) is 92.3 cm³/mol. The third-order valence-electron chi connectivity index (χ3n) is 5.37. The van der Waals surface area contributed by atoms with Crippen LogP contribution in [0.4, 0.5) is 0 Å². The summed E-state index contributed by atoms with van der Waals surface area (Å²) >= 11 is 0. The lowest BCUT2D eigenvalue weighted by Crippen LogP contribution is -2.28. The van der Waals surface area contributed by atoms with Crippen molar-refractivity contribution in [3.8, 4) is 0 Å². The van der Waals surface area contributed by atoms with Crippen LogP contribution in [0.5, 0.6) is 0 Å². The number of aliphatic hydroxyl groups excluding tert-OH is 2. The molecule has 23 heavy (non-hydrogen) atoms. The lowest BCUT2D eigenvalue weighted by molar-refractivity contribution is -0.137. The van der Waals surface area contributed by atoms with E-state index >= 15 is 0 Å². The fourth-order valence-corrected chi connectivity index (χ4v) is 3.97. The molecule has 0 spiro atoms. The fourth-order valence-electron chi connectivity index (χ4n) is 3.97. The Labute approximate surface area is 141 Å². The molecule has 1 fully saturated rings. The van der Waals surface area contributed by atoms with Gasteiger partial charge in [0.05, 0.1) is 12.2 Å². The number of unbranched alkanes of at least 4 members (excludes halogenated alkanes) is 6. The van der Waals surface area contributed by atoms with E-state index < -0.39 is 5.97 Å². The van der Waals surface area contributed by atoms with Crippen LogP contribution in [0, 0.1) is 11.8 Å². The Kier molecular flexibility index (Phi) is 10.5. The van der Waals surface area contributed by atoms with E-state index in [1.807, 2.05) is 0 Å². The number of aliphatic hydroxyl groups is 2. The molecule has 1 saturated carbocycles. The third-order valence-corrected chi connectivity index (χ3v) is 5.37. The zero-order chi connectivity index (χ0) is 17.1. The Balaban J connectivity index is 2.25. The van der Waals surface area contributed by atoms with Crippen molar-refractivity contribution in [1.29, 1.82) is 0 Å². The Morgan fingerprint density at radius 2 is 1.74 bits per heavy atom. The van der Waals surface area contributed by atoms with Crippen LogP contribution in [0.3, 0.4) is 0 Å². The summed E-state index contributed by atoms with van der Waals surface area (Å²) < 4.78 is 0. The maximum atomic E-state index is 10.5. The zero-order valence-electron chi connectivity index (χ0n) is 14.8. The van der Waals surface area contributed by atoms with E-state index in [9.17, 15) is 15.0 Å². The van der Waals surface area contributed by atoms with Gasteiger partial charge in [-0.1, -0.05) is 51.9 Å². The summed E-state index contributed by atoms with van der Waals surface area (Å²) in [5.74, 6) is -0.302. The van der Waals surface area contributed by atoms with E-state index in [-0.39, 0.29) is 30.5 Å². The first kappa shape index (κ1) is 20.4. The standard InChI is InChI=1S/C19H36O4/c1-2-3-4-5-8-11-17(20)16-13-14-18(21)15(16)10-7-6-9-12-19(22)23/h15-18,20-21H,2-14H2,1H3,(H,22,23). The highest BCUT2D eigenvalue weighted by Gasteiger charge is 2.38. The maximum Gasteiger partial charge on any atom is 0.303 e. The van der Waals surface area contributed by atoms with Gasteiger partial charge in [0, 0.05) is 6.42 Å². The van der Waals surface area contributed by atoms with Crippen molar-refractivity contribution in [2.45, 2.75) is 103 Å². The first-order valence-electron chi connectivity index (χ1n) is 9.64. The van der Waals surface area contributed by atoms with Crippen LogP contribution >= 0.6 is 0 Å². The van der Waals surface area contributed by atoms with Crippen molar-refractivity contribution in [2.75, 3.05) is 0 Å². The molecule has 0 heterocycles. The number of carboxylic acid groups (broad SMARTS) is 1. The molecule has 4 nitrogen and oxygen atoms in total. The van der Waals surface area contributed by atoms with Crippen LogP contribution in [-0.2, 0) is 4.79 Å². The molecule has 136 valence electrons. The van der Waals surface area contributed by atoms with E-state index in [1.54, 1.807) is 0 Å². The van der Waals surface area contributed by atoms with E-state index in [0.29, 0.717) is 6.42 Å². The van der Waals surface area contributed by atoms with Crippen LogP contribution in [0.25, 0.3) is 0 Å². The Hall–Kier alpha value is -0.610. The largest absolute Gasteiger partial charge is 0.481 e. The van der Waals surface area contributed by atoms with Gasteiger partial charge in [-0.2, -0.15) is 0 Å². The Morgan fingerprint density at radius 1 is 1.04 bits per heavy atom. The molecule has 3 N–H and O–H groups in total. The Bertz CT molecular complexity index is 318. The fraction of sp³-hybridized carbons (Fsp3) is 0.947. The topological polar surface area (TPSA) is 77.8 Å². The second-order valence-corrected chi connectivity index (χ2v) is 7.24. The van der Waals surface area contributed by atoms with Crippen molar-refractivity contribution in [3.05, 3.63) is 0 Å². The smallest absolute Gasteiger partial charge is 0.303 e. The molecular weight excluding hydrogens is 292 g/mol. The zero-order valence-corrected chi connectivity index (χ0v) is 14.8. The van der Waals surface area contributed by atoms with Crippen molar-refractivity contribution < 1.29 is 20.1 Å². The van der Waals surface area contributed by atoms with Crippen molar-refractivity contribution in [1.82, 2.24) is 0 Å². The van der Waals surface area contributed by atoms with Gasteiger partial charge >= 0.3 is 5.97 Å². The molecule has 0 saturated heterocycles. The molecule has 4 atom stereocenters. The molecular formula is C19H36O4. The van der Waals surface area contributed by atoms with Crippen molar-refractivity contribution in [2.24, 2.45) is 11.8 Å². The van der Waals surface area contributed by atoms with E-state index in [1.165, 1.54) is 25.7 Å². The van der Waals surface area contributed by atoms with Crippen LogP contribution in [0.15, 0.2) is 0 Å². The van der Waals surface area contributed by atoms with Crippen molar-refractivity contribution >= 4 is 5.97 Å². The summed E-state index contributed by atoms with van der Waals surface area (Å²) in [5, 5.41) is 29.3. The summed E-state index contributed by atoms with van der Waals surface area (Å²) in [6.45, 7) is 2.20. The lowest BCUT2D eigenvalue weighted by Gasteiger charge is -2.26. The van der Waals surface area contributed by atoms with Crippen LogP contribution in [0.2, 0.25) is 0 Å². The summed E-state index contributed by atoms with van der Waals surface area (Å²) in [7, 11) is 0. The highest BCUT2D eigenvalue weighted by atomic mass is 16.4. The van der Waals surface area contributed by atoms with Gasteiger partial charge in [0.15, 0.2) is 0 Å². The molecule has 0 aromatic carbocycles. The average molecular weight is 328 g/mol. The minimum atomic E-state index is -0.734. The summed E-state index contributed by atoms with van der Waals surface area (Å²) in [5.41, 5.74) is 0. The normalized spacial score (nSPS) is 25.6. The molecule has 0 aliphatic heterocycles. The number of aliphatic carboxylic acids is 1. The average Bonchev–Trinajstić information content (AvgIpc) is 2.87.